The topological polar surface area (TPSA) is 0 Å². The highest BCUT2D eigenvalue weighted by Gasteiger charge is 2.14. The maximum absolute atomic E-state index is 2.43. The standard InChI is InChI=1S/C12H22/c1-3-4-7-11(2)10-12-8-5-6-9-12/h7,12H,3-6,8-10H2,1-2H3/b11-7-. The maximum atomic E-state index is 2.43. The van der Waals surface area contributed by atoms with E-state index in [1.54, 1.807) is 5.57 Å². The predicted octanol–water partition coefficient (Wildman–Crippen LogP) is 4.31. The van der Waals surface area contributed by atoms with E-state index in [4.69, 9.17) is 0 Å². The van der Waals surface area contributed by atoms with Crippen molar-refractivity contribution in [3.05, 3.63) is 11.6 Å². The predicted molar refractivity (Wildman–Crippen MR) is 55.2 cm³/mol. The number of unbranched alkanes of at least 4 members (excludes halogenated alkanes) is 1. The Morgan fingerprint density at radius 1 is 1.33 bits per heavy atom. The van der Waals surface area contributed by atoms with Gasteiger partial charge in [-0.05, 0) is 25.7 Å². The summed E-state index contributed by atoms with van der Waals surface area (Å²) in [4.78, 5) is 0. The first-order valence-electron chi connectivity index (χ1n) is 5.48. The van der Waals surface area contributed by atoms with Gasteiger partial charge in [-0.15, -0.1) is 0 Å². The zero-order valence-electron chi connectivity index (χ0n) is 8.60. The maximum Gasteiger partial charge on any atom is -0.0295 e. The summed E-state index contributed by atoms with van der Waals surface area (Å²) in [7, 11) is 0. The molecule has 0 nitrogen and oxygen atoms in total. The highest BCUT2D eigenvalue weighted by Crippen LogP contribution is 2.29. The molecule has 0 radical (unpaired) electrons. The molecule has 0 atom stereocenters. The molecule has 0 bridgehead atoms. The molecule has 1 saturated carbocycles. The molecule has 0 heterocycles. The SMILES string of the molecule is CCC/C=C(/C)CC1CCCC1. The van der Waals surface area contributed by atoms with Crippen LogP contribution in [0.3, 0.4) is 0 Å². The minimum absolute atomic E-state index is 1.03. The van der Waals surface area contributed by atoms with Crippen molar-refractivity contribution in [3.8, 4) is 0 Å². The fourth-order valence-corrected chi connectivity index (χ4v) is 2.14. The van der Waals surface area contributed by atoms with E-state index in [1.807, 2.05) is 0 Å². The van der Waals surface area contributed by atoms with E-state index in [1.165, 1.54) is 44.9 Å². The quantitative estimate of drug-likeness (QED) is 0.546. The lowest BCUT2D eigenvalue weighted by atomic mass is 9.98. The Bertz CT molecular complexity index is 138. The van der Waals surface area contributed by atoms with Crippen LogP contribution in [0.5, 0.6) is 0 Å². The second kappa shape index (κ2) is 5.40. The van der Waals surface area contributed by atoms with E-state index in [9.17, 15) is 0 Å². The van der Waals surface area contributed by atoms with Gasteiger partial charge in [0, 0.05) is 0 Å². The van der Waals surface area contributed by atoms with Crippen molar-refractivity contribution in [1.82, 2.24) is 0 Å². The average Bonchev–Trinajstić information content (AvgIpc) is 2.53. The Labute approximate surface area is 77.1 Å². The lowest BCUT2D eigenvalue weighted by molar-refractivity contribution is 0.542. The molecule has 1 aliphatic rings. The summed E-state index contributed by atoms with van der Waals surface area (Å²) in [5.74, 6) is 1.03. The van der Waals surface area contributed by atoms with E-state index in [2.05, 4.69) is 19.9 Å². The highest BCUT2D eigenvalue weighted by molar-refractivity contribution is 4.99. The van der Waals surface area contributed by atoms with E-state index in [0.717, 1.165) is 5.92 Å². The molecule has 0 aliphatic heterocycles. The van der Waals surface area contributed by atoms with Crippen molar-refractivity contribution in [2.75, 3.05) is 0 Å². The molecule has 0 aromatic rings. The fraction of sp³-hybridized carbons (Fsp3) is 0.833. The van der Waals surface area contributed by atoms with Crippen LogP contribution >= 0.6 is 0 Å². The van der Waals surface area contributed by atoms with Crippen LogP contribution in [0.2, 0.25) is 0 Å². The first-order valence-corrected chi connectivity index (χ1v) is 5.48. The molecule has 0 N–H and O–H groups in total. The monoisotopic (exact) mass is 166 g/mol. The molecule has 0 unspecified atom stereocenters. The molecule has 1 rings (SSSR count). The second-order valence-corrected chi connectivity index (χ2v) is 4.19. The first kappa shape index (κ1) is 9.83. The molecule has 1 aliphatic carbocycles. The Morgan fingerprint density at radius 2 is 2.00 bits per heavy atom. The Kier molecular flexibility index (Phi) is 4.42. The summed E-state index contributed by atoms with van der Waals surface area (Å²) in [6.07, 6.45) is 12.3. The van der Waals surface area contributed by atoms with Crippen LogP contribution < -0.4 is 0 Å². The lowest BCUT2D eigenvalue weighted by Gasteiger charge is -2.08. The molecular weight excluding hydrogens is 144 g/mol. The number of hydrogen-bond donors (Lipinski definition) is 0. The van der Waals surface area contributed by atoms with Crippen LogP contribution in [0.25, 0.3) is 0 Å². The lowest BCUT2D eigenvalue weighted by Crippen LogP contribution is -1.93. The Morgan fingerprint density at radius 3 is 2.58 bits per heavy atom. The van der Waals surface area contributed by atoms with Crippen molar-refractivity contribution in [2.45, 2.75) is 58.8 Å². The van der Waals surface area contributed by atoms with Crippen molar-refractivity contribution >= 4 is 0 Å². The molecule has 0 spiro atoms. The number of allylic oxidation sites excluding steroid dienone is 2. The molecule has 0 aromatic carbocycles. The summed E-state index contributed by atoms with van der Waals surface area (Å²) in [6.45, 7) is 4.55. The summed E-state index contributed by atoms with van der Waals surface area (Å²) in [6, 6.07) is 0. The van der Waals surface area contributed by atoms with Crippen LogP contribution in [0, 0.1) is 5.92 Å². The summed E-state index contributed by atoms with van der Waals surface area (Å²) in [5.41, 5.74) is 1.63. The molecule has 0 aromatic heterocycles. The summed E-state index contributed by atoms with van der Waals surface area (Å²) in [5, 5.41) is 0. The van der Waals surface area contributed by atoms with Gasteiger partial charge in [-0.1, -0.05) is 50.7 Å². The van der Waals surface area contributed by atoms with Gasteiger partial charge >= 0.3 is 0 Å². The molecule has 0 amide bonds. The van der Waals surface area contributed by atoms with Crippen LogP contribution in [-0.4, -0.2) is 0 Å². The smallest absolute Gasteiger partial charge is 0.0295 e. The average molecular weight is 166 g/mol. The molecule has 1 fully saturated rings. The van der Waals surface area contributed by atoms with Gasteiger partial charge in [0.1, 0.15) is 0 Å². The zero-order valence-corrected chi connectivity index (χ0v) is 8.60. The van der Waals surface area contributed by atoms with Crippen molar-refractivity contribution < 1.29 is 0 Å². The van der Waals surface area contributed by atoms with Gasteiger partial charge in [0.25, 0.3) is 0 Å². The molecule has 70 valence electrons. The molecule has 0 heteroatoms. The van der Waals surface area contributed by atoms with Crippen LogP contribution in [0.4, 0.5) is 0 Å². The highest BCUT2D eigenvalue weighted by atomic mass is 14.2. The largest absolute Gasteiger partial charge is 0.0856 e. The van der Waals surface area contributed by atoms with Gasteiger partial charge in [0.2, 0.25) is 0 Å². The van der Waals surface area contributed by atoms with Crippen molar-refractivity contribution in [2.24, 2.45) is 5.92 Å². The fourth-order valence-electron chi connectivity index (χ4n) is 2.14. The molecule has 0 saturated heterocycles. The minimum atomic E-state index is 1.03. The third-order valence-electron chi connectivity index (χ3n) is 2.87. The first-order chi connectivity index (χ1) is 5.83. The van der Waals surface area contributed by atoms with E-state index >= 15 is 0 Å². The van der Waals surface area contributed by atoms with Gasteiger partial charge in [-0.3, -0.25) is 0 Å². The van der Waals surface area contributed by atoms with Gasteiger partial charge < -0.3 is 0 Å². The van der Waals surface area contributed by atoms with Gasteiger partial charge in [0.05, 0.1) is 0 Å². The second-order valence-electron chi connectivity index (χ2n) is 4.19. The molecule has 12 heavy (non-hydrogen) atoms. The van der Waals surface area contributed by atoms with E-state index in [0.29, 0.717) is 0 Å². The van der Waals surface area contributed by atoms with E-state index < -0.39 is 0 Å². The van der Waals surface area contributed by atoms with Gasteiger partial charge in [0.15, 0.2) is 0 Å². The number of hydrogen-bond acceptors (Lipinski definition) is 0. The van der Waals surface area contributed by atoms with Crippen LogP contribution in [0.1, 0.15) is 58.8 Å². The molecular formula is C12H22. The minimum Gasteiger partial charge on any atom is -0.0856 e. The van der Waals surface area contributed by atoms with Crippen molar-refractivity contribution in [3.63, 3.8) is 0 Å². The number of rotatable bonds is 4. The van der Waals surface area contributed by atoms with Crippen molar-refractivity contribution in [1.29, 1.82) is 0 Å². The third-order valence-corrected chi connectivity index (χ3v) is 2.87. The summed E-state index contributed by atoms with van der Waals surface area (Å²) >= 11 is 0. The van der Waals surface area contributed by atoms with Crippen LogP contribution in [-0.2, 0) is 0 Å². The third kappa shape index (κ3) is 3.42. The van der Waals surface area contributed by atoms with E-state index in [-0.39, 0.29) is 0 Å². The van der Waals surface area contributed by atoms with Gasteiger partial charge in [-0.2, -0.15) is 0 Å². The Balaban J connectivity index is 2.19. The van der Waals surface area contributed by atoms with Crippen LogP contribution in [0.15, 0.2) is 11.6 Å². The normalized spacial score (nSPS) is 20.3. The zero-order chi connectivity index (χ0) is 8.81. The summed E-state index contributed by atoms with van der Waals surface area (Å²) < 4.78 is 0. The Hall–Kier alpha value is -0.260. The van der Waals surface area contributed by atoms with Gasteiger partial charge in [-0.25, -0.2) is 0 Å².